The summed E-state index contributed by atoms with van der Waals surface area (Å²) < 4.78 is 0. The van der Waals surface area contributed by atoms with Crippen LogP contribution >= 0.6 is 0 Å². The molecule has 0 spiro atoms. The maximum absolute atomic E-state index is 11.0. The fraction of sp³-hybridized carbons (Fsp3) is 0. The maximum Gasteiger partial charge on any atom is 0.250 e. The summed E-state index contributed by atoms with van der Waals surface area (Å²) in [5, 5.41) is 9.19. The van der Waals surface area contributed by atoms with Gasteiger partial charge in [0, 0.05) is 5.69 Å². The fourth-order valence-corrected chi connectivity index (χ4v) is 1.62. The number of hydrogen-bond donors (Lipinski definition) is 3. The van der Waals surface area contributed by atoms with Crippen LogP contribution in [-0.2, 0) is 0 Å². The Kier molecular flexibility index (Phi) is 2.70. The third kappa shape index (κ3) is 2.20. The average Bonchev–Trinajstić information content (AvgIpc) is 2.29. The van der Waals surface area contributed by atoms with E-state index in [1.807, 2.05) is 0 Å². The second-order valence-electron chi connectivity index (χ2n) is 3.71. The maximum atomic E-state index is 11.0. The van der Waals surface area contributed by atoms with Gasteiger partial charge in [0.1, 0.15) is 5.75 Å². The van der Waals surface area contributed by atoms with Crippen molar-refractivity contribution in [3.05, 3.63) is 48.0 Å². The highest BCUT2D eigenvalue weighted by atomic mass is 16.3. The van der Waals surface area contributed by atoms with E-state index in [0.717, 1.165) is 11.1 Å². The van der Waals surface area contributed by atoms with E-state index in [4.69, 9.17) is 11.5 Å². The Hall–Kier alpha value is -2.49. The molecule has 0 unspecified atom stereocenters. The van der Waals surface area contributed by atoms with Crippen molar-refractivity contribution in [2.75, 3.05) is 5.73 Å². The van der Waals surface area contributed by atoms with E-state index >= 15 is 0 Å². The smallest absolute Gasteiger partial charge is 0.250 e. The van der Waals surface area contributed by atoms with Crippen LogP contribution in [0.4, 0.5) is 5.69 Å². The number of benzene rings is 2. The van der Waals surface area contributed by atoms with Crippen LogP contribution in [0.25, 0.3) is 11.1 Å². The molecule has 5 N–H and O–H groups in total. The van der Waals surface area contributed by atoms with Crippen LogP contribution in [0.2, 0.25) is 0 Å². The highest BCUT2D eigenvalue weighted by Crippen LogP contribution is 2.25. The summed E-state index contributed by atoms with van der Waals surface area (Å²) >= 11 is 0. The monoisotopic (exact) mass is 228 g/mol. The Morgan fingerprint density at radius 3 is 2.12 bits per heavy atom. The molecule has 4 nitrogen and oxygen atoms in total. The Bertz CT molecular complexity index is 562. The van der Waals surface area contributed by atoms with Gasteiger partial charge in [-0.3, -0.25) is 4.79 Å². The van der Waals surface area contributed by atoms with Gasteiger partial charge in [0.15, 0.2) is 0 Å². The fourth-order valence-electron chi connectivity index (χ4n) is 1.62. The van der Waals surface area contributed by atoms with Gasteiger partial charge >= 0.3 is 0 Å². The van der Waals surface area contributed by atoms with Gasteiger partial charge in [-0.1, -0.05) is 18.2 Å². The molecule has 2 aromatic carbocycles. The number of anilines is 1. The third-order valence-corrected chi connectivity index (χ3v) is 2.52. The zero-order valence-electron chi connectivity index (χ0n) is 9.05. The summed E-state index contributed by atoms with van der Waals surface area (Å²) in [5.74, 6) is -0.338. The van der Waals surface area contributed by atoms with E-state index in [0.29, 0.717) is 11.3 Å². The summed E-state index contributed by atoms with van der Waals surface area (Å²) in [7, 11) is 0. The number of hydrogen-bond acceptors (Lipinski definition) is 3. The lowest BCUT2D eigenvalue weighted by atomic mass is 10.0. The Morgan fingerprint density at radius 2 is 1.59 bits per heavy atom. The Labute approximate surface area is 98.5 Å². The molecule has 0 aliphatic carbocycles. The Morgan fingerprint density at radius 1 is 1.00 bits per heavy atom. The van der Waals surface area contributed by atoms with Gasteiger partial charge in [-0.25, -0.2) is 0 Å². The molecule has 17 heavy (non-hydrogen) atoms. The van der Waals surface area contributed by atoms with Gasteiger partial charge in [0.2, 0.25) is 0 Å². The molecular weight excluding hydrogens is 216 g/mol. The number of primary amides is 1. The second-order valence-corrected chi connectivity index (χ2v) is 3.71. The molecular formula is C13H12N2O2. The first-order chi connectivity index (χ1) is 8.08. The number of carbonyl (C=O) groups excluding carboxylic acids is 1. The molecule has 0 fully saturated rings. The van der Waals surface area contributed by atoms with Gasteiger partial charge < -0.3 is 16.6 Å². The Balaban J connectivity index is 2.44. The summed E-state index contributed by atoms with van der Waals surface area (Å²) in [4.78, 5) is 11.0. The molecule has 2 rings (SSSR count). The lowest BCUT2D eigenvalue weighted by Gasteiger charge is -2.06. The quantitative estimate of drug-likeness (QED) is 0.684. The van der Waals surface area contributed by atoms with Crippen molar-refractivity contribution in [2.45, 2.75) is 0 Å². The van der Waals surface area contributed by atoms with Crippen molar-refractivity contribution in [3.8, 4) is 16.9 Å². The van der Waals surface area contributed by atoms with Crippen molar-refractivity contribution < 1.29 is 9.90 Å². The van der Waals surface area contributed by atoms with E-state index in [1.54, 1.807) is 42.5 Å². The van der Waals surface area contributed by atoms with Crippen molar-refractivity contribution in [3.63, 3.8) is 0 Å². The van der Waals surface area contributed by atoms with Crippen LogP contribution in [0.5, 0.6) is 5.75 Å². The van der Waals surface area contributed by atoms with Crippen LogP contribution in [-0.4, -0.2) is 11.0 Å². The van der Waals surface area contributed by atoms with Crippen LogP contribution < -0.4 is 11.5 Å². The van der Waals surface area contributed by atoms with Gasteiger partial charge in [0.25, 0.3) is 5.91 Å². The number of nitrogens with two attached hydrogens (primary N) is 2. The minimum atomic E-state index is -0.542. The number of aromatic hydroxyl groups is 1. The summed E-state index contributed by atoms with van der Waals surface area (Å²) in [5.41, 5.74) is 13.3. The molecule has 0 heterocycles. The first kappa shape index (κ1) is 11.0. The minimum Gasteiger partial charge on any atom is -0.508 e. The molecule has 0 saturated heterocycles. The van der Waals surface area contributed by atoms with Gasteiger partial charge in [0.05, 0.1) is 5.56 Å². The average molecular weight is 228 g/mol. The van der Waals surface area contributed by atoms with Crippen LogP contribution in [0.15, 0.2) is 42.5 Å². The molecule has 0 aromatic heterocycles. The number of nitrogen functional groups attached to an aromatic ring is 1. The molecule has 0 aliphatic rings. The first-order valence-electron chi connectivity index (χ1n) is 5.06. The van der Waals surface area contributed by atoms with Crippen molar-refractivity contribution in [1.82, 2.24) is 0 Å². The van der Waals surface area contributed by atoms with E-state index in [9.17, 15) is 9.90 Å². The highest BCUT2D eigenvalue weighted by Gasteiger charge is 2.07. The predicted octanol–water partition coefficient (Wildman–Crippen LogP) is 1.74. The van der Waals surface area contributed by atoms with Crippen molar-refractivity contribution >= 4 is 11.6 Å². The normalized spacial score (nSPS) is 10.1. The summed E-state index contributed by atoms with van der Waals surface area (Å²) in [6.45, 7) is 0. The molecule has 0 aliphatic heterocycles. The molecule has 86 valence electrons. The number of amides is 1. The largest absolute Gasteiger partial charge is 0.508 e. The standard InChI is InChI=1S/C13H12N2O2/c14-12-7-9(3-6-11(12)13(15)17)8-1-4-10(16)5-2-8/h1-7,16H,14H2,(H2,15,17). The van der Waals surface area contributed by atoms with Gasteiger partial charge in [-0.05, 0) is 35.4 Å². The van der Waals surface area contributed by atoms with Gasteiger partial charge in [-0.15, -0.1) is 0 Å². The lowest BCUT2D eigenvalue weighted by Crippen LogP contribution is -2.13. The summed E-state index contributed by atoms with van der Waals surface area (Å²) in [6.07, 6.45) is 0. The third-order valence-electron chi connectivity index (χ3n) is 2.52. The molecule has 0 radical (unpaired) electrons. The number of phenolic OH excluding ortho intramolecular Hbond substituents is 1. The van der Waals surface area contributed by atoms with Crippen LogP contribution in [0.3, 0.4) is 0 Å². The van der Waals surface area contributed by atoms with E-state index in [2.05, 4.69) is 0 Å². The zero-order chi connectivity index (χ0) is 12.4. The molecule has 2 aromatic rings. The number of phenols is 1. The topological polar surface area (TPSA) is 89.3 Å². The number of rotatable bonds is 2. The second kappa shape index (κ2) is 4.17. The molecule has 4 heteroatoms. The zero-order valence-corrected chi connectivity index (χ0v) is 9.05. The minimum absolute atomic E-state index is 0.204. The lowest BCUT2D eigenvalue weighted by molar-refractivity contribution is 0.100. The SMILES string of the molecule is NC(=O)c1ccc(-c2ccc(O)cc2)cc1N. The molecule has 0 saturated carbocycles. The molecule has 1 amide bonds. The van der Waals surface area contributed by atoms with Crippen LogP contribution in [0, 0.1) is 0 Å². The summed E-state index contributed by atoms with van der Waals surface area (Å²) in [6, 6.07) is 11.8. The molecule has 0 atom stereocenters. The van der Waals surface area contributed by atoms with E-state index in [1.165, 1.54) is 0 Å². The van der Waals surface area contributed by atoms with Crippen molar-refractivity contribution in [2.24, 2.45) is 5.73 Å². The van der Waals surface area contributed by atoms with Crippen molar-refractivity contribution in [1.29, 1.82) is 0 Å². The highest BCUT2D eigenvalue weighted by molar-refractivity contribution is 5.98. The predicted molar refractivity (Wildman–Crippen MR) is 66.5 cm³/mol. The molecule has 0 bridgehead atoms. The number of carbonyl (C=O) groups is 1. The van der Waals surface area contributed by atoms with Gasteiger partial charge in [-0.2, -0.15) is 0 Å². The van der Waals surface area contributed by atoms with Crippen LogP contribution in [0.1, 0.15) is 10.4 Å². The first-order valence-corrected chi connectivity index (χ1v) is 5.06. The van der Waals surface area contributed by atoms with E-state index < -0.39 is 5.91 Å². The van der Waals surface area contributed by atoms with E-state index in [-0.39, 0.29) is 5.75 Å².